The number of halogens is 2. The predicted molar refractivity (Wildman–Crippen MR) is 159 cm³/mol. The number of nitrogens with zero attached hydrogens (tertiary/aromatic N) is 3. The maximum absolute atomic E-state index is 13.4. The van der Waals surface area contributed by atoms with Crippen molar-refractivity contribution in [1.29, 1.82) is 0 Å². The molecule has 1 unspecified atom stereocenters. The van der Waals surface area contributed by atoms with E-state index in [0.29, 0.717) is 43.6 Å². The average molecular weight is 613 g/mol. The zero-order valence-electron chi connectivity index (χ0n) is 21.2. The van der Waals surface area contributed by atoms with Gasteiger partial charge in [-0.15, -0.1) is 10.2 Å². The molecule has 11 heteroatoms. The van der Waals surface area contributed by atoms with Crippen LogP contribution in [0.1, 0.15) is 36.1 Å². The molecule has 0 radical (unpaired) electrons. The number of ketones is 1. The molecule has 1 aromatic heterocycles. The number of Topliss-reactive ketones (excluding diaryl/α,β-unsaturated/α-hetero) is 1. The Hall–Kier alpha value is -3.37. The lowest BCUT2D eigenvalue weighted by Crippen LogP contribution is -2.29. The molecule has 3 aromatic carbocycles. The lowest BCUT2D eigenvalue weighted by molar-refractivity contribution is -0.132. The third-order valence-corrected chi connectivity index (χ3v) is 8.74. The van der Waals surface area contributed by atoms with Gasteiger partial charge < -0.3 is 9.84 Å². The molecule has 2 heterocycles. The van der Waals surface area contributed by atoms with Crippen LogP contribution in [0.5, 0.6) is 5.75 Å². The van der Waals surface area contributed by atoms with Gasteiger partial charge in [0.25, 0.3) is 5.78 Å². The Kier molecular flexibility index (Phi) is 8.75. The highest BCUT2D eigenvalue weighted by molar-refractivity contribution is 8.00. The molecule has 0 saturated carbocycles. The van der Waals surface area contributed by atoms with E-state index in [1.165, 1.54) is 28.0 Å². The van der Waals surface area contributed by atoms with Crippen LogP contribution in [0.15, 0.2) is 82.7 Å². The number of rotatable bonds is 9. The molecule has 1 saturated heterocycles. The maximum atomic E-state index is 13.4. The molecule has 1 aliphatic rings. The molecular formula is C29H23Cl2N3O4S2. The molecule has 0 spiro atoms. The van der Waals surface area contributed by atoms with Crippen molar-refractivity contribution in [2.45, 2.75) is 29.5 Å². The van der Waals surface area contributed by atoms with Crippen molar-refractivity contribution in [3.05, 3.63) is 105 Å². The molecule has 5 rings (SSSR count). The van der Waals surface area contributed by atoms with Crippen LogP contribution in [0.3, 0.4) is 0 Å². The average Bonchev–Trinajstić information content (AvgIpc) is 3.54. The van der Waals surface area contributed by atoms with Crippen LogP contribution in [-0.2, 0) is 15.3 Å². The van der Waals surface area contributed by atoms with Crippen molar-refractivity contribution in [2.75, 3.05) is 11.5 Å². The Morgan fingerprint density at radius 3 is 2.27 bits per heavy atom. The van der Waals surface area contributed by atoms with Gasteiger partial charge in [0.15, 0.2) is 4.34 Å². The molecule has 0 aliphatic carbocycles. The van der Waals surface area contributed by atoms with Crippen LogP contribution in [-0.4, -0.2) is 33.6 Å². The number of thioether (sulfide) groups is 1. The number of ether oxygens (including phenoxy) is 1. The summed E-state index contributed by atoms with van der Waals surface area (Å²) in [6.07, 6.45) is 0.860. The van der Waals surface area contributed by atoms with Crippen LogP contribution < -0.4 is 9.64 Å². The van der Waals surface area contributed by atoms with Gasteiger partial charge in [0, 0.05) is 21.4 Å². The van der Waals surface area contributed by atoms with Crippen molar-refractivity contribution < 1.29 is 19.4 Å². The zero-order valence-corrected chi connectivity index (χ0v) is 24.4. The van der Waals surface area contributed by atoms with Crippen LogP contribution in [0.4, 0.5) is 5.13 Å². The van der Waals surface area contributed by atoms with E-state index in [1.807, 2.05) is 31.2 Å². The van der Waals surface area contributed by atoms with E-state index in [2.05, 4.69) is 10.2 Å². The summed E-state index contributed by atoms with van der Waals surface area (Å²) in [4.78, 5) is 28.1. The van der Waals surface area contributed by atoms with Crippen molar-refractivity contribution >= 4 is 68.9 Å². The number of benzene rings is 3. The number of amides is 1. The minimum atomic E-state index is -0.919. The first kappa shape index (κ1) is 28.2. The topological polar surface area (TPSA) is 92.6 Å². The molecule has 0 bridgehead atoms. The monoisotopic (exact) mass is 611 g/mol. The first-order valence-corrected chi connectivity index (χ1v) is 14.9. The molecule has 1 N–H and O–H groups in total. The molecule has 7 nitrogen and oxygen atoms in total. The van der Waals surface area contributed by atoms with Crippen molar-refractivity contribution in [1.82, 2.24) is 10.2 Å². The van der Waals surface area contributed by atoms with E-state index in [9.17, 15) is 14.7 Å². The van der Waals surface area contributed by atoms with Gasteiger partial charge in [0.2, 0.25) is 5.13 Å². The van der Waals surface area contributed by atoms with E-state index in [-0.39, 0.29) is 16.5 Å². The molecule has 204 valence electrons. The zero-order chi connectivity index (χ0) is 28.2. The Morgan fingerprint density at radius 2 is 1.62 bits per heavy atom. The molecule has 1 fully saturated rings. The van der Waals surface area contributed by atoms with Gasteiger partial charge in [-0.2, -0.15) is 0 Å². The number of carbonyl (C=O) groups excluding carboxylic acids is 2. The van der Waals surface area contributed by atoms with Crippen molar-refractivity contribution in [3.63, 3.8) is 0 Å². The van der Waals surface area contributed by atoms with E-state index in [1.54, 1.807) is 48.5 Å². The van der Waals surface area contributed by atoms with Crippen LogP contribution in [0, 0.1) is 0 Å². The Bertz CT molecular complexity index is 1560. The minimum absolute atomic E-state index is 0.0416. The van der Waals surface area contributed by atoms with E-state index in [0.717, 1.165) is 12.0 Å². The molecule has 1 amide bonds. The molecule has 1 aliphatic heterocycles. The molecule has 4 aromatic rings. The SMILES string of the molecule is CCCOc1ccc(C2/C(=C(/O)c3ccc(Cl)cc3)C(=O)C(=O)N2c2nnc(SCc3ccc(Cl)cc3)s2)cc1. The smallest absolute Gasteiger partial charge is 0.301 e. The first-order valence-electron chi connectivity index (χ1n) is 12.4. The van der Waals surface area contributed by atoms with E-state index >= 15 is 0 Å². The first-order chi connectivity index (χ1) is 19.4. The van der Waals surface area contributed by atoms with Gasteiger partial charge >= 0.3 is 5.91 Å². The predicted octanol–water partition coefficient (Wildman–Crippen LogP) is 7.55. The fourth-order valence-electron chi connectivity index (χ4n) is 4.16. The summed E-state index contributed by atoms with van der Waals surface area (Å²) < 4.78 is 6.33. The Balaban J connectivity index is 1.51. The second-order valence-electron chi connectivity index (χ2n) is 8.86. The summed E-state index contributed by atoms with van der Waals surface area (Å²) in [5.41, 5.74) is 2.00. The standard InChI is InChI=1S/C29H23Cl2N3O4S2/c1-2-15-38-22-13-7-18(8-14-22)24-23(25(35)19-5-11-21(31)12-6-19)26(36)27(37)34(24)28-32-33-29(40-28)39-16-17-3-9-20(30)10-4-17/h3-14,24,35H,2,15-16H2,1H3/b25-23-. The van der Waals surface area contributed by atoms with Crippen molar-refractivity contribution in [2.24, 2.45) is 0 Å². The minimum Gasteiger partial charge on any atom is -0.507 e. The third-order valence-electron chi connectivity index (χ3n) is 6.11. The number of aromatic nitrogens is 2. The Labute approximate surface area is 249 Å². The summed E-state index contributed by atoms with van der Waals surface area (Å²) in [5, 5.41) is 21.2. The second-order valence-corrected chi connectivity index (χ2v) is 11.9. The van der Waals surface area contributed by atoms with Gasteiger partial charge in [-0.1, -0.05) is 77.5 Å². The lowest BCUT2D eigenvalue weighted by Gasteiger charge is -2.22. The molecule has 40 heavy (non-hydrogen) atoms. The van der Waals surface area contributed by atoms with Crippen LogP contribution in [0.2, 0.25) is 10.0 Å². The maximum Gasteiger partial charge on any atom is 0.301 e. The number of hydrogen-bond acceptors (Lipinski definition) is 8. The number of hydrogen-bond donors (Lipinski definition) is 1. The number of carbonyl (C=O) groups is 2. The summed E-state index contributed by atoms with van der Waals surface area (Å²) in [7, 11) is 0. The summed E-state index contributed by atoms with van der Waals surface area (Å²) in [6.45, 7) is 2.58. The number of aliphatic hydroxyl groups excluding tert-OH is 1. The van der Waals surface area contributed by atoms with Gasteiger partial charge in [-0.25, -0.2) is 0 Å². The van der Waals surface area contributed by atoms with E-state index < -0.39 is 17.7 Å². The summed E-state index contributed by atoms with van der Waals surface area (Å²) in [6, 6.07) is 20.1. The summed E-state index contributed by atoms with van der Waals surface area (Å²) >= 11 is 14.7. The Morgan fingerprint density at radius 1 is 0.975 bits per heavy atom. The highest BCUT2D eigenvalue weighted by Crippen LogP contribution is 2.44. The molecule has 1 atom stereocenters. The van der Waals surface area contributed by atoms with Gasteiger partial charge in [0.1, 0.15) is 11.5 Å². The summed E-state index contributed by atoms with van der Waals surface area (Å²) in [5.74, 6) is -0.608. The van der Waals surface area contributed by atoms with Gasteiger partial charge in [-0.05, 0) is 66.1 Å². The highest BCUT2D eigenvalue weighted by Gasteiger charge is 2.48. The lowest BCUT2D eigenvalue weighted by atomic mass is 9.95. The normalized spacial score (nSPS) is 16.5. The van der Waals surface area contributed by atoms with Gasteiger partial charge in [-0.3, -0.25) is 14.5 Å². The van der Waals surface area contributed by atoms with Crippen LogP contribution in [0.25, 0.3) is 5.76 Å². The second kappa shape index (κ2) is 12.4. The number of aliphatic hydroxyl groups is 1. The number of anilines is 1. The van der Waals surface area contributed by atoms with Crippen molar-refractivity contribution in [3.8, 4) is 5.75 Å². The fraction of sp³-hybridized carbons (Fsp3) is 0.172. The molecular weight excluding hydrogens is 589 g/mol. The highest BCUT2D eigenvalue weighted by atomic mass is 35.5. The fourth-order valence-corrected chi connectivity index (χ4v) is 6.23. The van der Waals surface area contributed by atoms with Crippen LogP contribution >= 0.6 is 46.3 Å². The largest absolute Gasteiger partial charge is 0.507 e. The van der Waals surface area contributed by atoms with Gasteiger partial charge in [0.05, 0.1) is 18.2 Å². The third kappa shape index (κ3) is 6.02. The van der Waals surface area contributed by atoms with E-state index in [4.69, 9.17) is 27.9 Å². The quantitative estimate of drug-likeness (QED) is 0.0686.